The first-order chi connectivity index (χ1) is 29.8. The Morgan fingerprint density at radius 2 is 0.483 bits per heavy atom. The Labute approximate surface area is 351 Å². The lowest BCUT2D eigenvalue weighted by atomic mass is 9.78. The molecule has 0 amide bonds. The molecule has 0 fully saturated rings. The molecule has 1 heterocycles. The van der Waals surface area contributed by atoms with Crippen LogP contribution in [-0.2, 0) is 0 Å². The van der Waals surface area contributed by atoms with E-state index in [-0.39, 0.29) is 0 Å². The normalized spacial score (nSPS) is 11.0. The summed E-state index contributed by atoms with van der Waals surface area (Å²) in [6.45, 7) is 0. The Balaban J connectivity index is 1.14. The summed E-state index contributed by atoms with van der Waals surface area (Å²) >= 11 is 0. The Morgan fingerprint density at radius 3 is 0.917 bits per heavy atom. The SMILES string of the molecule is c1ccc(-c2nc(-c3ccccc3)nc(-c3ccc(-c4cccc(-c5cc(-c6ccccc6)c(-c6ccccc6)c(-c6ccccc6)c5-c5ccccc5)c4)cc3)n2)cc1. The summed E-state index contributed by atoms with van der Waals surface area (Å²) in [5, 5.41) is 0. The van der Waals surface area contributed by atoms with Crippen molar-refractivity contribution in [2.24, 2.45) is 0 Å². The zero-order chi connectivity index (χ0) is 40.1. The van der Waals surface area contributed by atoms with Gasteiger partial charge < -0.3 is 0 Å². The van der Waals surface area contributed by atoms with Crippen molar-refractivity contribution in [2.75, 3.05) is 0 Å². The van der Waals surface area contributed by atoms with E-state index >= 15 is 0 Å². The van der Waals surface area contributed by atoms with Crippen LogP contribution in [0.1, 0.15) is 0 Å². The number of rotatable bonds is 9. The van der Waals surface area contributed by atoms with E-state index in [1.54, 1.807) is 0 Å². The summed E-state index contributed by atoms with van der Waals surface area (Å²) in [6, 6.07) is 83.4. The summed E-state index contributed by atoms with van der Waals surface area (Å²) in [6.07, 6.45) is 0. The third-order valence-corrected chi connectivity index (χ3v) is 10.9. The molecule has 10 aromatic rings. The van der Waals surface area contributed by atoms with Crippen molar-refractivity contribution in [3.63, 3.8) is 0 Å². The van der Waals surface area contributed by atoms with Gasteiger partial charge in [-0.2, -0.15) is 0 Å². The molecular weight excluding hydrogens is 727 g/mol. The van der Waals surface area contributed by atoms with Gasteiger partial charge in [0.05, 0.1) is 0 Å². The third kappa shape index (κ3) is 7.32. The average molecular weight is 766 g/mol. The fraction of sp³-hybridized carbons (Fsp3) is 0. The van der Waals surface area contributed by atoms with Crippen LogP contribution in [0.15, 0.2) is 237 Å². The van der Waals surface area contributed by atoms with Gasteiger partial charge in [-0.1, -0.05) is 224 Å². The topological polar surface area (TPSA) is 38.7 Å². The van der Waals surface area contributed by atoms with Crippen molar-refractivity contribution in [3.8, 4) is 101 Å². The fourth-order valence-electron chi connectivity index (χ4n) is 8.07. The highest BCUT2D eigenvalue weighted by Crippen LogP contribution is 2.50. The molecule has 0 aliphatic heterocycles. The maximum absolute atomic E-state index is 4.97. The van der Waals surface area contributed by atoms with Crippen LogP contribution in [0.4, 0.5) is 0 Å². The highest BCUT2D eigenvalue weighted by atomic mass is 15.0. The molecule has 3 nitrogen and oxygen atoms in total. The first-order valence-corrected chi connectivity index (χ1v) is 20.3. The second-order valence-electron chi connectivity index (χ2n) is 14.8. The largest absolute Gasteiger partial charge is 0.208 e. The Kier molecular flexibility index (Phi) is 9.97. The van der Waals surface area contributed by atoms with E-state index in [1.165, 1.54) is 50.1 Å². The molecule has 0 saturated heterocycles. The molecule has 0 aliphatic rings. The molecule has 60 heavy (non-hydrogen) atoms. The van der Waals surface area contributed by atoms with E-state index in [0.29, 0.717) is 17.5 Å². The first kappa shape index (κ1) is 36.3. The summed E-state index contributed by atoms with van der Waals surface area (Å²) in [4.78, 5) is 14.8. The van der Waals surface area contributed by atoms with Crippen molar-refractivity contribution < 1.29 is 0 Å². The van der Waals surface area contributed by atoms with Gasteiger partial charge in [-0.3, -0.25) is 0 Å². The van der Waals surface area contributed by atoms with Gasteiger partial charge in [-0.15, -0.1) is 0 Å². The number of hydrogen-bond acceptors (Lipinski definition) is 3. The molecule has 0 bridgehead atoms. The standard InChI is InChI=1S/C57H39N3/c1-7-20-41(21-8-1)50-39-51(53(43-24-11-3-12-25-43)54(44-26-13-4-14-27-44)52(50)42-22-9-2-10-23-42)49-33-19-32-48(38-49)40-34-36-47(37-35-40)57-59-55(45-28-15-5-16-29-45)58-56(60-57)46-30-17-6-18-31-46/h1-39H. The van der Waals surface area contributed by atoms with Crippen LogP contribution in [-0.4, -0.2) is 15.0 Å². The molecule has 0 saturated carbocycles. The average Bonchev–Trinajstić information content (AvgIpc) is 3.35. The van der Waals surface area contributed by atoms with Crippen molar-refractivity contribution in [3.05, 3.63) is 237 Å². The lowest BCUT2D eigenvalue weighted by Gasteiger charge is -2.24. The van der Waals surface area contributed by atoms with E-state index in [4.69, 9.17) is 15.0 Å². The van der Waals surface area contributed by atoms with Crippen LogP contribution >= 0.6 is 0 Å². The number of benzene rings is 9. The Bertz CT molecular complexity index is 2970. The minimum Gasteiger partial charge on any atom is -0.208 e. The zero-order valence-corrected chi connectivity index (χ0v) is 32.9. The number of nitrogens with zero attached hydrogens (tertiary/aromatic N) is 3. The second-order valence-corrected chi connectivity index (χ2v) is 14.8. The maximum atomic E-state index is 4.97. The van der Waals surface area contributed by atoms with E-state index in [0.717, 1.165) is 33.4 Å². The molecule has 282 valence electrons. The summed E-state index contributed by atoms with van der Waals surface area (Å²) < 4.78 is 0. The zero-order valence-electron chi connectivity index (χ0n) is 32.9. The highest BCUT2D eigenvalue weighted by Gasteiger charge is 2.24. The van der Waals surface area contributed by atoms with Gasteiger partial charge in [-0.25, -0.2) is 15.0 Å². The van der Waals surface area contributed by atoms with Gasteiger partial charge in [0.25, 0.3) is 0 Å². The van der Waals surface area contributed by atoms with Gasteiger partial charge in [0.2, 0.25) is 0 Å². The Hall–Kier alpha value is -8.01. The van der Waals surface area contributed by atoms with Crippen molar-refractivity contribution in [1.82, 2.24) is 15.0 Å². The lowest BCUT2D eigenvalue weighted by Crippen LogP contribution is -2.00. The molecule has 1 aromatic heterocycles. The number of hydrogen-bond donors (Lipinski definition) is 0. The molecule has 0 N–H and O–H groups in total. The van der Waals surface area contributed by atoms with Crippen molar-refractivity contribution in [2.45, 2.75) is 0 Å². The summed E-state index contributed by atoms with van der Waals surface area (Å²) in [5.41, 5.74) is 16.9. The van der Waals surface area contributed by atoms with Crippen LogP contribution < -0.4 is 0 Å². The molecule has 0 aliphatic carbocycles. The fourth-order valence-corrected chi connectivity index (χ4v) is 8.07. The van der Waals surface area contributed by atoms with Crippen LogP contribution in [0.25, 0.3) is 101 Å². The minimum atomic E-state index is 0.635. The number of aromatic nitrogens is 3. The van der Waals surface area contributed by atoms with Crippen LogP contribution in [0.2, 0.25) is 0 Å². The van der Waals surface area contributed by atoms with E-state index in [2.05, 4.69) is 176 Å². The molecule has 0 atom stereocenters. The monoisotopic (exact) mass is 765 g/mol. The summed E-state index contributed by atoms with van der Waals surface area (Å²) in [5.74, 6) is 1.93. The van der Waals surface area contributed by atoms with Gasteiger partial charge in [-0.05, 0) is 78.9 Å². The Morgan fingerprint density at radius 1 is 0.183 bits per heavy atom. The van der Waals surface area contributed by atoms with Crippen LogP contribution in [0.5, 0.6) is 0 Å². The molecule has 3 heteroatoms. The third-order valence-electron chi connectivity index (χ3n) is 10.9. The quantitative estimate of drug-likeness (QED) is 0.147. The minimum absolute atomic E-state index is 0.635. The van der Waals surface area contributed by atoms with E-state index < -0.39 is 0 Å². The van der Waals surface area contributed by atoms with Crippen molar-refractivity contribution >= 4 is 0 Å². The summed E-state index contributed by atoms with van der Waals surface area (Å²) in [7, 11) is 0. The van der Waals surface area contributed by atoms with E-state index in [9.17, 15) is 0 Å². The molecule has 0 unspecified atom stereocenters. The maximum Gasteiger partial charge on any atom is 0.164 e. The highest BCUT2D eigenvalue weighted by molar-refractivity contribution is 6.07. The second kappa shape index (κ2) is 16.5. The predicted octanol–water partition coefficient (Wildman–Crippen LogP) is 14.9. The van der Waals surface area contributed by atoms with Gasteiger partial charge in [0.1, 0.15) is 0 Å². The van der Waals surface area contributed by atoms with Crippen LogP contribution in [0.3, 0.4) is 0 Å². The molecule has 9 aromatic carbocycles. The lowest BCUT2D eigenvalue weighted by molar-refractivity contribution is 1.07. The molecule has 0 spiro atoms. The van der Waals surface area contributed by atoms with Gasteiger partial charge >= 0.3 is 0 Å². The molecule has 10 rings (SSSR count). The van der Waals surface area contributed by atoms with Crippen LogP contribution in [0, 0.1) is 0 Å². The van der Waals surface area contributed by atoms with Crippen molar-refractivity contribution in [1.29, 1.82) is 0 Å². The first-order valence-electron chi connectivity index (χ1n) is 20.3. The van der Waals surface area contributed by atoms with Gasteiger partial charge in [0, 0.05) is 16.7 Å². The smallest absolute Gasteiger partial charge is 0.164 e. The predicted molar refractivity (Wildman–Crippen MR) is 249 cm³/mol. The molecular formula is C57H39N3. The molecule has 0 radical (unpaired) electrons. The van der Waals surface area contributed by atoms with E-state index in [1.807, 2.05) is 60.7 Å². The van der Waals surface area contributed by atoms with Gasteiger partial charge in [0.15, 0.2) is 17.5 Å².